The Morgan fingerprint density at radius 2 is 2.33 bits per heavy atom. The number of phenols is 1. The van der Waals surface area contributed by atoms with Crippen molar-refractivity contribution in [2.45, 2.75) is 11.4 Å². The van der Waals surface area contributed by atoms with Crippen LogP contribution in [0.5, 0.6) is 5.75 Å². The molecular weight excluding hydrogens is 272 g/mol. The van der Waals surface area contributed by atoms with Crippen molar-refractivity contribution in [2.24, 2.45) is 0 Å². The number of hydrogen-bond donors (Lipinski definition) is 3. The molecule has 1 fully saturated rings. The number of benzene rings is 1. The van der Waals surface area contributed by atoms with Gasteiger partial charge < -0.3 is 10.2 Å². The van der Waals surface area contributed by atoms with Gasteiger partial charge in [-0.3, -0.25) is 10.1 Å². The summed E-state index contributed by atoms with van der Waals surface area (Å²) < 4.78 is 0.908. The van der Waals surface area contributed by atoms with E-state index in [1.807, 2.05) is 0 Å². The van der Waals surface area contributed by atoms with Crippen LogP contribution in [0.2, 0.25) is 0 Å². The van der Waals surface area contributed by atoms with Gasteiger partial charge in [-0.2, -0.15) is 0 Å². The second-order valence-electron chi connectivity index (χ2n) is 3.97. The Labute approximate surface area is 111 Å². The quantitative estimate of drug-likeness (QED) is 0.779. The van der Waals surface area contributed by atoms with E-state index in [0.717, 1.165) is 15.2 Å². The second kappa shape index (κ2) is 4.42. The zero-order valence-electron chi connectivity index (χ0n) is 9.16. The molecule has 0 amide bonds. The van der Waals surface area contributed by atoms with Gasteiger partial charge in [0.1, 0.15) is 22.2 Å². The van der Waals surface area contributed by atoms with E-state index < -0.39 is 12.0 Å². The number of nitrogens with zero attached hydrogens (tertiary/aromatic N) is 1. The summed E-state index contributed by atoms with van der Waals surface area (Å²) in [4.78, 5) is 15.3. The fourth-order valence-electron chi connectivity index (χ4n) is 1.80. The monoisotopic (exact) mass is 282 g/mol. The van der Waals surface area contributed by atoms with Gasteiger partial charge in [-0.1, -0.05) is 0 Å². The number of carboxylic acid groups (broad SMARTS) is 1. The van der Waals surface area contributed by atoms with E-state index in [4.69, 9.17) is 5.11 Å². The van der Waals surface area contributed by atoms with Crippen molar-refractivity contribution in [3.8, 4) is 5.75 Å². The molecule has 2 aromatic rings. The number of thiazole rings is 1. The first-order valence-corrected chi connectivity index (χ1v) is 7.20. The average Bonchev–Trinajstić information content (AvgIpc) is 2.93. The van der Waals surface area contributed by atoms with Crippen molar-refractivity contribution in [1.82, 2.24) is 10.3 Å². The van der Waals surface area contributed by atoms with Crippen LogP contribution >= 0.6 is 23.1 Å². The van der Waals surface area contributed by atoms with Gasteiger partial charge in [-0.05, 0) is 18.2 Å². The molecule has 0 radical (unpaired) electrons. The highest BCUT2D eigenvalue weighted by molar-refractivity contribution is 7.99. The van der Waals surface area contributed by atoms with Gasteiger partial charge >= 0.3 is 5.97 Å². The van der Waals surface area contributed by atoms with Gasteiger partial charge in [-0.15, -0.1) is 23.1 Å². The Balaban J connectivity index is 1.89. The lowest BCUT2D eigenvalue weighted by molar-refractivity contribution is -0.138. The minimum atomic E-state index is -0.830. The minimum absolute atomic E-state index is 0.0781. The normalized spacial score (nSPS) is 23.6. The summed E-state index contributed by atoms with van der Waals surface area (Å²) in [7, 11) is 0. The molecule has 2 unspecified atom stereocenters. The Kier molecular flexibility index (Phi) is 2.89. The topological polar surface area (TPSA) is 82.5 Å². The summed E-state index contributed by atoms with van der Waals surface area (Å²) in [5.74, 6) is -0.0711. The molecule has 18 heavy (non-hydrogen) atoms. The summed E-state index contributed by atoms with van der Waals surface area (Å²) in [6.07, 6.45) is 0. The van der Waals surface area contributed by atoms with Crippen molar-refractivity contribution in [2.75, 3.05) is 5.75 Å². The number of rotatable bonds is 2. The van der Waals surface area contributed by atoms with E-state index in [-0.39, 0.29) is 11.1 Å². The van der Waals surface area contributed by atoms with Crippen molar-refractivity contribution in [3.63, 3.8) is 0 Å². The fraction of sp³-hybridized carbons (Fsp3) is 0.273. The van der Waals surface area contributed by atoms with Crippen molar-refractivity contribution in [1.29, 1.82) is 0 Å². The van der Waals surface area contributed by atoms with Crippen LogP contribution in [0.25, 0.3) is 10.2 Å². The number of nitrogens with one attached hydrogen (secondary N) is 1. The summed E-state index contributed by atoms with van der Waals surface area (Å²) in [5, 5.41) is 22.1. The summed E-state index contributed by atoms with van der Waals surface area (Å²) >= 11 is 3.02. The van der Waals surface area contributed by atoms with E-state index in [2.05, 4.69) is 10.3 Å². The molecule has 1 aliphatic heterocycles. The molecule has 1 aromatic carbocycles. The molecular formula is C11H10N2O3S2. The molecule has 2 atom stereocenters. The number of thioether (sulfide) groups is 1. The zero-order valence-corrected chi connectivity index (χ0v) is 10.8. The molecule has 3 N–H and O–H groups in total. The van der Waals surface area contributed by atoms with E-state index >= 15 is 0 Å². The predicted molar refractivity (Wildman–Crippen MR) is 71.0 cm³/mol. The Bertz CT molecular complexity index is 613. The second-order valence-corrected chi connectivity index (χ2v) is 6.18. The number of phenolic OH excluding ortho intramolecular Hbond substituents is 1. The average molecular weight is 282 g/mol. The van der Waals surface area contributed by atoms with Crippen LogP contribution in [0.4, 0.5) is 0 Å². The number of aromatic nitrogens is 1. The molecule has 3 rings (SSSR count). The van der Waals surface area contributed by atoms with Crippen molar-refractivity contribution < 1.29 is 15.0 Å². The minimum Gasteiger partial charge on any atom is -0.508 e. The van der Waals surface area contributed by atoms with Gasteiger partial charge in [0.15, 0.2) is 0 Å². The Morgan fingerprint density at radius 1 is 1.50 bits per heavy atom. The molecule has 0 aliphatic carbocycles. The molecule has 0 bridgehead atoms. The highest BCUT2D eigenvalue weighted by Gasteiger charge is 2.32. The van der Waals surface area contributed by atoms with Gasteiger partial charge in [0.25, 0.3) is 0 Å². The van der Waals surface area contributed by atoms with Gasteiger partial charge in [0.2, 0.25) is 0 Å². The first-order chi connectivity index (χ1) is 8.63. The maximum atomic E-state index is 10.9. The van der Waals surface area contributed by atoms with Gasteiger partial charge in [-0.25, -0.2) is 4.98 Å². The maximum absolute atomic E-state index is 10.9. The lowest BCUT2D eigenvalue weighted by Crippen LogP contribution is -2.33. The highest BCUT2D eigenvalue weighted by atomic mass is 32.2. The summed E-state index contributed by atoms with van der Waals surface area (Å²) in [6.45, 7) is 0. The van der Waals surface area contributed by atoms with Gasteiger partial charge in [0.05, 0.1) is 10.2 Å². The summed E-state index contributed by atoms with van der Waals surface area (Å²) in [5.41, 5.74) is 0.828. The summed E-state index contributed by atoms with van der Waals surface area (Å²) in [6, 6.07) is 4.52. The largest absolute Gasteiger partial charge is 0.508 e. The number of hydrogen-bond acceptors (Lipinski definition) is 6. The van der Waals surface area contributed by atoms with Gasteiger partial charge in [0, 0.05) is 5.75 Å². The van der Waals surface area contributed by atoms with Crippen LogP contribution in [0, 0.1) is 0 Å². The van der Waals surface area contributed by atoms with Crippen molar-refractivity contribution >= 4 is 39.3 Å². The SMILES string of the molecule is O=C(O)C1CSC(c2nc3ccc(O)cc3s2)N1. The molecule has 1 aromatic heterocycles. The lowest BCUT2D eigenvalue weighted by atomic mass is 10.3. The third kappa shape index (κ3) is 2.05. The Hall–Kier alpha value is -1.31. The van der Waals surface area contributed by atoms with Crippen LogP contribution in [-0.4, -0.2) is 33.0 Å². The molecule has 94 valence electrons. The smallest absolute Gasteiger partial charge is 0.321 e. The molecule has 2 heterocycles. The number of carbonyl (C=O) groups is 1. The number of carboxylic acids is 1. The number of fused-ring (bicyclic) bond motifs is 1. The molecule has 7 heteroatoms. The third-order valence-corrected chi connectivity index (χ3v) is 5.14. The van der Waals surface area contributed by atoms with E-state index in [0.29, 0.717) is 5.75 Å². The highest BCUT2D eigenvalue weighted by Crippen LogP contribution is 2.37. The van der Waals surface area contributed by atoms with Crippen LogP contribution in [0.15, 0.2) is 18.2 Å². The predicted octanol–water partition coefficient (Wildman–Crippen LogP) is 1.79. The Morgan fingerprint density at radius 3 is 3.06 bits per heavy atom. The molecule has 1 aliphatic rings. The lowest BCUT2D eigenvalue weighted by Gasteiger charge is -2.06. The molecule has 1 saturated heterocycles. The van der Waals surface area contributed by atoms with Crippen LogP contribution in [0.3, 0.4) is 0 Å². The molecule has 0 saturated carbocycles. The molecule has 5 nitrogen and oxygen atoms in total. The van der Waals surface area contributed by atoms with E-state index in [1.165, 1.54) is 11.3 Å². The third-order valence-electron chi connectivity index (χ3n) is 2.69. The van der Waals surface area contributed by atoms with Crippen LogP contribution < -0.4 is 5.32 Å². The van der Waals surface area contributed by atoms with E-state index in [1.54, 1.807) is 30.0 Å². The van der Waals surface area contributed by atoms with Crippen LogP contribution in [-0.2, 0) is 4.79 Å². The number of aliphatic carboxylic acids is 1. The zero-order chi connectivity index (χ0) is 12.7. The maximum Gasteiger partial charge on any atom is 0.321 e. The first-order valence-electron chi connectivity index (χ1n) is 5.33. The molecule has 0 spiro atoms. The van der Waals surface area contributed by atoms with E-state index in [9.17, 15) is 9.90 Å². The number of aromatic hydroxyl groups is 1. The van der Waals surface area contributed by atoms with Crippen LogP contribution in [0.1, 0.15) is 10.4 Å². The standard InChI is InChI=1S/C11H10N2O3S2/c14-5-1-2-6-8(3-5)18-10(12-6)9-13-7(4-17-9)11(15)16/h1-3,7,9,13-14H,4H2,(H,15,16). The first kappa shape index (κ1) is 11.8. The van der Waals surface area contributed by atoms with Crippen molar-refractivity contribution in [3.05, 3.63) is 23.2 Å². The fourth-order valence-corrected chi connectivity index (χ4v) is 4.17.